The Kier molecular flexibility index (Phi) is 9.28. The second-order valence-corrected chi connectivity index (χ2v) is 17.2. The van der Waals surface area contributed by atoms with Crippen LogP contribution in [-0.4, -0.2) is 61.0 Å². The van der Waals surface area contributed by atoms with E-state index in [1.165, 1.54) is 4.68 Å². The van der Waals surface area contributed by atoms with Gasteiger partial charge in [-0.3, -0.25) is 0 Å². The van der Waals surface area contributed by atoms with Crippen molar-refractivity contribution in [3.05, 3.63) is 30.3 Å². The van der Waals surface area contributed by atoms with E-state index in [0.29, 0.717) is 17.6 Å². The Morgan fingerprint density at radius 2 is 1.74 bits per heavy atom. The van der Waals surface area contributed by atoms with Crippen molar-refractivity contribution < 1.29 is 17.6 Å². The average Bonchev–Trinajstić information content (AvgIpc) is 3.39. The van der Waals surface area contributed by atoms with Gasteiger partial charge in [-0.2, -0.15) is 4.68 Å². The molecule has 1 fully saturated rings. The molecule has 1 saturated heterocycles. The lowest BCUT2D eigenvalue weighted by molar-refractivity contribution is 0.104. The number of tetrazole rings is 1. The summed E-state index contributed by atoms with van der Waals surface area (Å²) in [7, 11) is -5.45. The van der Waals surface area contributed by atoms with Crippen LogP contribution >= 0.6 is 0 Å². The van der Waals surface area contributed by atoms with Crippen LogP contribution in [0.15, 0.2) is 35.5 Å². The summed E-state index contributed by atoms with van der Waals surface area (Å²) < 4.78 is 40.5. The van der Waals surface area contributed by atoms with E-state index >= 15 is 0 Å². The summed E-state index contributed by atoms with van der Waals surface area (Å²) in [6, 6.07) is 11.3. The van der Waals surface area contributed by atoms with Gasteiger partial charge in [0.2, 0.25) is 9.84 Å². The molecule has 196 valence electrons. The molecular weight excluding hydrogens is 480 g/mol. The molecule has 2 heterocycles. The standard InChI is InChI=1S/C25H42N4O4SSi/c1-8-22(33-35(9-2,10-3)18(4)5)20(7)24-23(32-24)16-19(6)17-34(30,31)25-26-27-28-29(25)21-14-12-11-13-15-21/h11-15,18-20,22-24H,8-10,16-17H2,1-7H3/t19-,20+,22-,23-,24+/m0/s1. The second-order valence-electron chi connectivity index (χ2n) is 10.3. The van der Waals surface area contributed by atoms with E-state index in [0.717, 1.165) is 18.5 Å². The molecule has 1 aromatic heterocycles. The molecule has 2 aromatic rings. The molecule has 3 rings (SSSR count). The zero-order chi connectivity index (χ0) is 25.8. The van der Waals surface area contributed by atoms with E-state index in [2.05, 4.69) is 57.1 Å². The maximum Gasteiger partial charge on any atom is 0.272 e. The Morgan fingerprint density at radius 3 is 2.31 bits per heavy atom. The smallest absolute Gasteiger partial charge is 0.272 e. The van der Waals surface area contributed by atoms with Gasteiger partial charge < -0.3 is 9.16 Å². The molecule has 8 nitrogen and oxygen atoms in total. The first-order valence-corrected chi connectivity index (χ1v) is 17.0. The Morgan fingerprint density at radius 1 is 1.09 bits per heavy atom. The molecule has 1 aliphatic heterocycles. The van der Waals surface area contributed by atoms with Gasteiger partial charge >= 0.3 is 0 Å². The summed E-state index contributed by atoms with van der Waals surface area (Å²) in [6.07, 6.45) is 2.00. The van der Waals surface area contributed by atoms with Crippen molar-refractivity contribution in [1.82, 2.24) is 20.2 Å². The van der Waals surface area contributed by atoms with Gasteiger partial charge in [-0.15, -0.1) is 0 Å². The fraction of sp³-hybridized carbons (Fsp3) is 0.720. The molecule has 35 heavy (non-hydrogen) atoms. The van der Waals surface area contributed by atoms with Crippen molar-refractivity contribution >= 4 is 18.2 Å². The third-order valence-corrected chi connectivity index (χ3v) is 14.7. The van der Waals surface area contributed by atoms with E-state index in [-0.39, 0.29) is 41.1 Å². The van der Waals surface area contributed by atoms with Gasteiger partial charge in [0, 0.05) is 12.0 Å². The summed E-state index contributed by atoms with van der Waals surface area (Å²) in [5.41, 5.74) is 1.20. The minimum absolute atomic E-state index is 0.0239. The Bertz CT molecular complexity index is 1040. The van der Waals surface area contributed by atoms with Crippen molar-refractivity contribution in [3.8, 4) is 5.69 Å². The van der Waals surface area contributed by atoms with E-state index in [4.69, 9.17) is 9.16 Å². The number of aromatic nitrogens is 4. The van der Waals surface area contributed by atoms with Gasteiger partial charge in [0.15, 0.2) is 8.32 Å². The van der Waals surface area contributed by atoms with Gasteiger partial charge in [0.25, 0.3) is 5.16 Å². The summed E-state index contributed by atoms with van der Waals surface area (Å²) in [4.78, 5) is 0. The van der Waals surface area contributed by atoms with Crippen LogP contribution in [-0.2, 0) is 19.0 Å². The molecule has 0 unspecified atom stereocenters. The molecule has 0 saturated carbocycles. The van der Waals surface area contributed by atoms with Crippen molar-refractivity contribution in [2.45, 2.75) is 102 Å². The summed E-state index contributed by atoms with van der Waals surface area (Å²) in [6.45, 7) is 15.5. The third kappa shape index (κ3) is 6.39. The fourth-order valence-electron chi connectivity index (χ4n) is 5.27. The van der Waals surface area contributed by atoms with Gasteiger partial charge in [-0.05, 0) is 58.9 Å². The van der Waals surface area contributed by atoms with Crippen LogP contribution in [0.2, 0.25) is 17.6 Å². The van der Waals surface area contributed by atoms with Gasteiger partial charge in [0.1, 0.15) is 0 Å². The van der Waals surface area contributed by atoms with E-state index in [1.807, 2.05) is 25.1 Å². The van der Waals surface area contributed by atoms with Crippen LogP contribution in [0, 0.1) is 11.8 Å². The first kappa shape index (κ1) is 28.0. The zero-order valence-corrected chi connectivity index (χ0v) is 24.0. The predicted molar refractivity (Wildman–Crippen MR) is 140 cm³/mol. The molecule has 0 radical (unpaired) electrons. The number of rotatable bonds is 14. The van der Waals surface area contributed by atoms with E-state index in [9.17, 15) is 8.42 Å². The third-order valence-electron chi connectivity index (χ3n) is 7.62. The largest absolute Gasteiger partial charge is 0.413 e. The SMILES string of the molecule is CC[C@H](O[Si](CC)(CC)C(C)C)[C@@H](C)[C@H]1O[C@H]1C[C@H](C)CS(=O)(=O)c1nnnn1-c1ccccc1. The van der Waals surface area contributed by atoms with Gasteiger partial charge in [0.05, 0.1) is 23.6 Å². The van der Waals surface area contributed by atoms with Crippen molar-refractivity contribution in [2.75, 3.05) is 5.75 Å². The van der Waals surface area contributed by atoms with Crippen LogP contribution < -0.4 is 0 Å². The van der Waals surface area contributed by atoms with Crippen molar-refractivity contribution in [3.63, 3.8) is 0 Å². The van der Waals surface area contributed by atoms with Crippen LogP contribution in [0.4, 0.5) is 0 Å². The highest BCUT2D eigenvalue weighted by atomic mass is 32.2. The van der Waals surface area contributed by atoms with Crippen LogP contribution in [0.5, 0.6) is 0 Å². The number of para-hydroxylation sites is 1. The fourth-order valence-corrected chi connectivity index (χ4v) is 10.6. The van der Waals surface area contributed by atoms with Gasteiger partial charge in [-0.1, -0.05) is 71.8 Å². The summed E-state index contributed by atoms with van der Waals surface area (Å²) in [5.74, 6) is 0.173. The number of nitrogens with zero attached hydrogens (tertiary/aromatic N) is 4. The normalized spacial score (nSPS) is 21.1. The van der Waals surface area contributed by atoms with Crippen LogP contribution in [0.3, 0.4) is 0 Å². The molecule has 0 N–H and O–H groups in total. The molecule has 1 aliphatic rings. The molecular formula is C25H42N4O4SSi. The Hall–Kier alpha value is -1.62. The molecule has 0 amide bonds. The molecule has 0 aliphatic carbocycles. The number of hydrogen-bond donors (Lipinski definition) is 0. The summed E-state index contributed by atoms with van der Waals surface area (Å²) in [5, 5.41) is 11.2. The Labute approximate surface area is 211 Å². The lowest BCUT2D eigenvalue weighted by atomic mass is 9.94. The predicted octanol–water partition coefficient (Wildman–Crippen LogP) is 5.06. The zero-order valence-electron chi connectivity index (χ0n) is 22.2. The highest BCUT2D eigenvalue weighted by molar-refractivity contribution is 7.91. The van der Waals surface area contributed by atoms with E-state index in [1.54, 1.807) is 12.1 Å². The number of sulfone groups is 1. The Balaban J connectivity index is 1.60. The maximum atomic E-state index is 13.1. The molecule has 5 atom stereocenters. The minimum atomic E-state index is -3.66. The van der Waals surface area contributed by atoms with E-state index < -0.39 is 18.2 Å². The van der Waals surface area contributed by atoms with Crippen molar-refractivity contribution in [2.24, 2.45) is 11.8 Å². The molecule has 0 bridgehead atoms. The minimum Gasteiger partial charge on any atom is -0.413 e. The summed E-state index contributed by atoms with van der Waals surface area (Å²) >= 11 is 0. The maximum absolute atomic E-state index is 13.1. The lowest BCUT2D eigenvalue weighted by Crippen LogP contribution is -2.45. The first-order valence-electron chi connectivity index (χ1n) is 13.0. The lowest BCUT2D eigenvalue weighted by Gasteiger charge is -2.39. The number of benzene rings is 1. The monoisotopic (exact) mass is 522 g/mol. The molecule has 0 spiro atoms. The highest BCUT2D eigenvalue weighted by Gasteiger charge is 2.48. The number of hydrogen-bond acceptors (Lipinski definition) is 7. The number of ether oxygens (including phenoxy) is 1. The second kappa shape index (κ2) is 11.6. The molecule has 10 heteroatoms. The van der Waals surface area contributed by atoms with Gasteiger partial charge in [-0.25, -0.2) is 8.42 Å². The van der Waals surface area contributed by atoms with Crippen LogP contribution in [0.1, 0.15) is 61.3 Å². The first-order chi connectivity index (χ1) is 16.6. The quantitative estimate of drug-likeness (QED) is 0.253. The molecule has 1 aromatic carbocycles. The number of epoxide rings is 1. The van der Waals surface area contributed by atoms with Crippen LogP contribution in [0.25, 0.3) is 5.69 Å². The highest BCUT2D eigenvalue weighted by Crippen LogP contribution is 2.40. The average molecular weight is 523 g/mol. The van der Waals surface area contributed by atoms with Crippen molar-refractivity contribution in [1.29, 1.82) is 0 Å². The topological polar surface area (TPSA) is 99.5 Å².